The maximum Gasteiger partial charge on any atom is 0.237 e. The molecule has 0 saturated carbocycles. The highest BCUT2D eigenvalue weighted by molar-refractivity contribution is 6.30. The topological polar surface area (TPSA) is 42.0 Å². The van der Waals surface area contributed by atoms with Crippen LogP contribution in [0.5, 0.6) is 5.75 Å². The normalized spacial score (nSPS) is 19.6. The van der Waals surface area contributed by atoms with Crippen molar-refractivity contribution in [2.45, 2.75) is 6.54 Å². The van der Waals surface area contributed by atoms with E-state index in [2.05, 4.69) is 4.90 Å². The van der Waals surface area contributed by atoms with E-state index in [0.717, 1.165) is 24.4 Å². The molecule has 21 heavy (non-hydrogen) atoms. The first-order chi connectivity index (χ1) is 10.2. The Balaban J connectivity index is 1.66. The lowest BCUT2D eigenvalue weighted by Gasteiger charge is -2.28. The molecular weight excluding hydrogens is 292 g/mol. The third kappa shape index (κ3) is 3.67. The van der Waals surface area contributed by atoms with Gasteiger partial charge < -0.3 is 14.4 Å². The first kappa shape index (κ1) is 14.6. The Bertz CT molecular complexity index is 518. The largest absolute Gasteiger partial charge is 0.491 e. The fourth-order valence-electron chi connectivity index (χ4n) is 2.63. The van der Waals surface area contributed by atoms with E-state index in [4.69, 9.17) is 21.1 Å². The van der Waals surface area contributed by atoms with Gasteiger partial charge in [0.25, 0.3) is 0 Å². The minimum atomic E-state index is 0.133. The highest BCUT2D eigenvalue weighted by atomic mass is 35.5. The molecule has 2 aliphatic rings. The van der Waals surface area contributed by atoms with Gasteiger partial charge in [0.1, 0.15) is 12.4 Å². The average Bonchev–Trinajstić information content (AvgIpc) is 2.70. The summed E-state index contributed by atoms with van der Waals surface area (Å²) in [6.45, 7) is 5.16. The molecule has 2 heterocycles. The van der Waals surface area contributed by atoms with Gasteiger partial charge in [-0.3, -0.25) is 9.69 Å². The molecule has 0 atom stereocenters. The monoisotopic (exact) mass is 310 g/mol. The van der Waals surface area contributed by atoms with Crippen LogP contribution in [0.1, 0.15) is 5.56 Å². The highest BCUT2D eigenvalue weighted by Crippen LogP contribution is 2.26. The summed E-state index contributed by atoms with van der Waals surface area (Å²) in [5, 5.41) is 0.667. The third-order valence-electron chi connectivity index (χ3n) is 3.82. The van der Waals surface area contributed by atoms with Crippen LogP contribution in [0.2, 0.25) is 5.02 Å². The molecule has 5 nitrogen and oxygen atoms in total. The molecular formula is C15H19ClN2O3. The van der Waals surface area contributed by atoms with Crippen LogP contribution in [0.4, 0.5) is 0 Å². The molecule has 1 aromatic carbocycles. The van der Waals surface area contributed by atoms with Gasteiger partial charge in [-0.1, -0.05) is 11.6 Å². The lowest BCUT2D eigenvalue weighted by molar-refractivity contribution is -0.134. The number of amides is 1. The zero-order valence-corrected chi connectivity index (χ0v) is 12.6. The molecule has 2 aliphatic heterocycles. The van der Waals surface area contributed by atoms with Gasteiger partial charge >= 0.3 is 0 Å². The van der Waals surface area contributed by atoms with Crippen molar-refractivity contribution >= 4 is 17.5 Å². The second-order valence-corrected chi connectivity index (χ2v) is 5.74. The van der Waals surface area contributed by atoms with Crippen LogP contribution in [0.25, 0.3) is 0 Å². The van der Waals surface area contributed by atoms with Crippen LogP contribution in [0, 0.1) is 0 Å². The molecule has 6 heteroatoms. The summed E-state index contributed by atoms with van der Waals surface area (Å²) in [5.74, 6) is 0.953. The number of ether oxygens (including phenoxy) is 2. The zero-order valence-electron chi connectivity index (χ0n) is 11.9. The summed E-state index contributed by atoms with van der Waals surface area (Å²) in [6, 6.07) is 5.55. The van der Waals surface area contributed by atoms with Crippen molar-refractivity contribution in [3.8, 4) is 5.75 Å². The number of hydrogen-bond donors (Lipinski definition) is 0. The van der Waals surface area contributed by atoms with Crippen LogP contribution < -0.4 is 4.74 Å². The number of hydrogen-bond acceptors (Lipinski definition) is 4. The van der Waals surface area contributed by atoms with Crippen molar-refractivity contribution in [2.24, 2.45) is 0 Å². The van der Waals surface area contributed by atoms with Crippen LogP contribution >= 0.6 is 11.6 Å². The Hall–Kier alpha value is -1.30. The minimum Gasteiger partial charge on any atom is -0.491 e. The van der Waals surface area contributed by atoms with Gasteiger partial charge in [0.15, 0.2) is 0 Å². The van der Waals surface area contributed by atoms with E-state index in [1.807, 2.05) is 23.1 Å². The van der Waals surface area contributed by atoms with Crippen molar-refractivity contribution in [2.75, 3.05) is 46.0 Å². The fraction of sp³-hybridized carbons (Fsp3) is 0.533. The van der Waals surface area contributed by atoms with Crippen LogP contribution in [-0.2, 0) is 16.1 Å². The first-order valence-corrected chi connectivity index (χ1v) is 7.59. The molecule has 114 valence electrons. The van der Waals surface area contributed by atoms with Crippen molar-refractivity contribution in [1.29, 1.82) is 0 Å². The van der Waals surface area contributed by atoms with Crippen LogP contribution in [0.3, 0.4) is 0 Å². The van der Waals surface area contributed by atoms with E-state index in [9.17, 15) is 4.79 Å². The van der Waals surface area contributed by atoms with Crippen LogP contribution in [0.15, 0.2) is 18.2 Å². The van der Waals surface area contributed by atoms with E-state index in [1.54, 1.807) is 0 Å². The molecule has 0 N–H and O–H groups in total. The van der Waals surface area contributed by atoms with Crippen LogP contribution in [-0.4, -0.2) is 61.7 Å². The summed E-state index contributed by atoms with van der Waals surface area (Å²) in [6.07, 6.45) is 0. The average molecular weight is 311 g/mol. The minimum absolute atomic E-state index is 0.133. The van der Waals surface area contributed by atoms with Gasteiger partial charge in [-0.25, -0.2) is 0 Å². The van der Waals surface area contributed by atoms with Crippen molar-refractivity contribution in [1.82, 2.24) is 9.80 Å². The van der Waals surface area contributed by atoms with Crippen molar-refractivity contribution < 1.29 is 14.3 Å². The molecule has 0 spiro atoms. The van der Waals surface area contributed by atoms with E-state index < -0.39 is 0 Å². The number of rotatable bonds is 2. The predicted molar refractivity (Wildman–Crippen MR) is 79.6 cm³/mol. The molecule has 0 radical (unpaired) electrons. The number of halogens is 1. The smallest absolute Gasteiger partial charge is 0.237 e. The molecule has 0 aromatic heterocycles. The van der Waals surface area contributed by atoms with Gasteiger partial charge in [0.2, 0.25) is 5.91 Å². The summed E-state index contributed by atoms with van der Waals surface area (Å²) < 4.78 is 11.0. The number of carbonyl (C=O) groups excluding carboxylic acids is 1. The molecule has 1 saturated heterocycles. The maximum absolute atomic E-state index is 12.5. The van der Waals surface area contributed by atoms with Gasteiger partial charge in [0, 0.05) is 30.2 Å². The second kappa shape index (κ2) is 6.64. The van der Waals surface area contributed by atoms with Crippen molar-refractivity contribution in [3.05, 3.63) is 28.8 Å². The molecule has 0 unspecified atom stereocenters. The van der Waals surface area contributed by atoms with Gasteiger partial charge in [-0.15, -0.1) is 0 Å². The summed E-state index contributed by atoms with van der Waals surface area (Å²) in [4.78, 5) is 16.4. The number of morpholine rings is 1. The Morgan fingerprint density at radius 2 is 2.00 bits per heavy atom. The lowest BCUT2D eigenvalue weighted by Crippen LogP contribution is -2.45. The number of carbonyl (C=O) groups is 1. The van der Waals surface area contributed by atoms with Gasteiger partial charge in [0.05, 0.1) is 26.3 Å². The number of benzene rings is 1. The van der Waals surface area contributed by atoms with E-state index in [-0.39, 0.29) is 5.91 Å². The Morgan fingerprint density at radius 3 is 2.81 bits per heavy atom. The van der Waals surface area contributed by atoms with E-state index in [0.29, 0.717) is 44.5 Å². The second-order valence-electron chi connectivity index (χ2n) is 5.30. The standard InChI is InChI=1S/C15H19ClN2O3/c16-13-1-2-14-12(9-13)10-18(5-8-21-14)15(19)11-17-3-6-20-7-4-17/h1-2,9H,3-8,10-11H2. The highest BCUT2D eigenvalue weighted by Gasteiger charge is 2.22. The quantitative estimate of drug-likeness (QED) is 0.828. The molecule has 1 fully saturated rings. The fourth-order valence-corrected chi connectivity index (χ4v) is 2.82. The number of nitrogens with zero attached hydrogens (tertiary/aromatic N) is 2. The predicted octanol–water partition coefficient (Wildman–Crippen LogP) is 1.39. The first-order valence-electron chi connectivity index (χ1n) is 7.21. The Morgan fingerprint density at radius 1 is 1.19 bits per heavy atom. The Kier molecular flexibility index (Phi) is 4.63. The summed E-state index contributed by atoms with van der Waals surface area (Å²) in [7, 11) is 0. The molecule has 3 rings (SSSR count). The third-order valence-corrected chi connectivity index (χ3v) is 4.05. The molecule has 1 aromatic rings. The summed E-state index contributed by atoms with van der Waals surface area (Å²) >= 11 is 6.03. The maximum atomic E-state index is 12.5. The molecule has 0 bridgehead atoms. The van der Waals surface area contributed by atoms with Crippen molar-refractivity contribution in [3.63, 3.8) is 0 Å². The summed E-state index contributed by atoms with van der Waals surface area (Å²) in [5.41, 5.74) is 0.968. The molecule has 0 aliphatic carbocycles. The number of fused-ring (bicyclic) bond motifs is 1. The van der Waals surface area contributed by atoms with E-state index >= 15 is 0 Å². The van der Waals surface area contributed by atoms with Gasteiger partial charge in [-0.2, -0.15) is 0 Å². The lowest BCUT2D eigenvalue weighted by atomic mass is 10.2. The SMILES string of the molecule is O=C(CN1CCOCC1)N1CCOc2ccc(Cl)cc2C1. The molecule has 1 amide bonds. The van der Waals surface area contributed by atoms with Gasteiger partial charge in [-0.05, 0) is 18.2 Å². The Labute approximate surface area is 129 Å². The zero-order chi connectivity index (χ0) is 14.7. The van der Waals surface area contributed by atoms with E-state index in [1.165, 1.54) is 0 Å².